The number of fused-ring (bicyclic) bond motifs is 2. The number of carbonyl (C=O) groups is 1. The Bertz CT molecular complexity index is 957. The highest BCUT2D eigenvalue weighted by Crippen LogP contribution is 2.32. The van der Waals surface area contributed by atoms with Gasteiger partial charge in [-0.25, -0.2) is 4.98 Å². The first-order chi connectivity index (χ1) is 13.6. The molecule has 1 N–H and O–H groups in total. The normalized spacial score (nSPS) is 15.0. The van der Waals surface area contributed by atoms with Gasteiger partial charge < -0.3 is 19.7 Å². The van der Waals surface area contributed by atoms with Crippen molar-refractivity contribution in [3.63, 3.8) is 0 Å². The van der Waals surface area contributed by atoms with Crippen LogP contribution in [-0.4, -0.2) is 41.9 Å². The van der Waals surface area contributed by atoms with Gasteiger partial charge in [-0.1, -0.05) is 17.8 Å². The fourth-order valence-corrected chi connectivity index (χ4v) is 4.03. The third-order valence-corrected chi connectivity index (χ3v) is 5.70. The van der Waals surface area contributed by atoms with E-state index in [0.717, 1.165) is 42.1 Å². The fraction of sp³-hybridized carbons (Fsp3) is 0.350. The maximum absolute atomic E-state index is 12.2. The molecule has 0 atom stereocenters. The van der Waals surface area contributed by atoms with E-state index in [1.807, 2.05) is 24.3 Å². The number of nitrogens with zero attached hydrogens (tertiary/aromatic N) is 3. The van der Waals surface area contributed by atoms with E-state index in [2.05, 4.69) is 28.3 Å². The zero-order valence-corrected chi connectivity index (χ0v) is 16.3. The topological polar surface area (TPSA) is 87.5 Å². The molecule has 1 amide bonds. The highest BCUT2D eigenvalue weighted by atomic mass is 32.2. The molecule has 2 aliphatic rings. The monoisotopic (exact) mass is 396 g/mol. The molecule has 8 heteroatoms. The highest BCUT2D eigenvalue weighted by Gasteiger charge is 2.19. The summed E-state index contributed by atoms with van der Waals surface area (Å²) in [7, 11) is 2.06. The van der Waals surface area contributed by atoms with Crippen LogP contribution >= 0.6 is 11.8 Å². The molecule has 0 saturated carbocycles. The second-order valence-electron chi connectivity index (χ2n) is 6.80. The third kappa shape index (κ3) is 4.06. The Labute approximate surface area is 167 Å². The molecule has 0 bridgehead atoms. The molecule has 0 saturated heterocycles. The van der Waals surface area contributed by atoms with Gasteiger partial charge in [-0.15, -0.1) is 0 Å². The molecule has 0 aliphatic carbocycles. The number of pyridine rings is 1. The first-order valence-corrected chi connectivity index (χ1v) is 10.0. The van der Waals surface area contributed by atoms with Gasteiger partial charge in [0, 0.05) is 31.7 Å². The van der Waals surface area contributed by atoms with E-state index in [1.54, 1.807) is 0 Å². The summed E-state index contributed by atoms with van der Waals surface area (Å²) in [6, 6.07) is 9.72. The van der Waals surface area contributed by atoms with Crippen molar-refractivity contribution in [3.05, 3.63) is 46.6 Å². The average Bonchev–Trinajstić information content (AvgIpc) is 3.17. The van der Waals surface area contributed by atoms with Gasteiger partial charge in [-0.05, 0) is 36.4 Å². The van der Waals surface area contributed by atoms with Crippen molar-refractivity contribution in [1.82, 2.24) is 15.2 Å². The quantitative estimate of drug-likeness (QED) is 0.774. The van der Waals surface area contributed by atoms with E-state index in [0.29, 0.717) is 22.9 Å². The van der Waals surface area contributed by atoms with Gasteiger partial charge in [0.05, 0.1) is 11.3 Å². The molecule has 1 aromatic carbocycles. The third-order valence-electron chi connectivity index (χ3n) is 4.71. The molecule has 0 spiro atoms. The smallest absolute Gasteiger partial charge is 0.231 e. The average molecular weight is 396 g/mol. The summed E-state index contributed by atoms with van der Waals surface area (Å²) in [6.07, 6.45) is 0.863. The van der Waals surface area contributed by atoms with Crippen LogP contribution < -0.4 is 14.8 Å². The van der Waals surface area contributed by atoms with E-state index in [4.69, 9.17) is 9.47 Å². The summed E-state index contributed by atoms with van der Waals surface area (Å²) in [5, 5.41) is 13.0. The number of carbonyl (C=O) groups excluding carboxylic acids is 1. The summed E-state index contributed by atoms with van der Waals surface area (Å²) in [5.41, 5.74) is 3.60. The zero-order chi connectivity index (χ0) is 19.5. The highest BCUT2D eigenvalue weighted by molar-refractivity contribution is 8.00. The van der Waals surface area contributed by atoms with Crippen molar-refractivity contribution in [2.45, 2.75) is 24.5 Å². The van der Waals surface area contributed by atoms with Crippen LogP contribution in [0.25, 0.3) is 0 Å². The summed E-state index contributed by atoms with van der Waals surface area (Å²) in [5.74, 6) is 1.53. The number of ether oxygens (including phenoxy) is 2. The van der Waals surface area contributed by atoms with Gasteiger partial charge in [0.25, 0.3) is 0 Å². The van der Waals surface area contributed by atoms with Crippen LogP contribution in [0.5, 0.6) is 11.5 Å². The predicted molar refractivity (Wildman–Crippen MR) is 104 cm³/mol. The molecule has 4 rings (SSSR count). The van der Waals surface area contributed by atoms with Gasteiger partial charge in [-0.2, -0.15) is 5.26 Å². The molecular weight excluding hydrogens is 376 g/mol. The van der Waals surface area contributed by atoms with Crippen molar-refractivity contribution in [2.75, 3.05) is 26.1 Å². The minimum atomic E-state index is -0.106. The molecular formula is C20H20N4O3S. The Morgan fingerprint density at radius 3 is 3.07 bits per heavy atom. The molecule has 1 aromatic heterocycles. The second-order valence-corrected chi connectivity index (χ2v) is 7.76. The molecule has 2 aromatic rings. The Kier molecular flexibility index (Phi) is 5.37. The van der Waals surface area contributed by atoms with Gasteiger partial charge in [0.1, 0.15) is 11.1 Å². The van der Waals surface area contributed by atoms with Gasteiger partial charge >= 0.3 is 0 Å². The van der Waals surface area contributed by atoms with Gasteiger partial charge in [-0.3, -0.25) is 4.79 Å². The second kappa shape index (κ2) is 8.09. The molecule has 144 valence electrons. The molecule has 7 nitrogen and oxygen atoms in total. The first kappa shape index (κ1) is 18.6. The summed E-state index contributed by atoms with van der Waals surface area (Å²) in [4.78, 5) is 19.1. The maximum Gasteiger partial charge on any atom is 0.231 e. The number of thioether (sulfide) groups is 1. The van der Waals surface area contributed by atoms with Crippen LogP contribution in [0.3, 0.4) is 0 Å². The van der Waals surface area contributed by atoms with Crippen LogP contribution in [0.4, 0.5) is 0 Å². The minimum Gasteiger partial charge on any atom is -0.454 e. The molecule has 3 heterocycles. The van der Waals surface area contributed by atoms with Crippen molar-refractivity contribution in [3.8, 4) is 17.6 Å². The fourth-order valence-electron chi connectivity index (χ4n) is 3.22. The van der Waals surface area contributed by atoms with Crippen molar-refractivity contribution in [2.24, 2.45) is 0 Å². The van der Waals surface area contributed by atoms with Crippen molar-refractivity contribution < 1.29 is 14.3 Å². The lowest BCUT2D eigenvalue weighted by atomic mass is 10.0. The lowest BCUT2D eigenvalue weighted by Gasteiger charge is -2.24. The van der Waals surface area contributed by atoms with Crippen molar-refractivity contribution in [1.29, 1.82) is 5.26 Å². The van der Waals surface area contributed by atoms with Crippen molar-refractivity contribution >= 4 is 17.7 Å². The number of nitrogens with one attached hydrogen (secondary N) is 1. The van der Waals surface area contributed by atoms with Crippen LogP contribution in [0.2, 0.25) is 0 Å². The predicted octanol–water partition coefficient (Wildman–Crippen LogP) is 2.08. The Hall–Kier alpha value is -2.76. The number of benzene rings is 1. The lowest BCUT2D eigenvalue weighted by molar-refractivity contribution is -0.118. The maximum atomic E-state index is 12.2. The summed E-state index contributed by atoms with van der Waals surface area (Å²) < 4.78 is 10.6. The van der Waals surface area contributed by atoms with Gasteiger partial charge in [0.15, 0.2) is 11.5 Å². The standard InChI is InChI=1S/C20H20N4O3S/c1-24-5-4-16-15(10-24)7-14(8-21)20(23-16)28-11-19(25)22-9-13-2-3-17-18(6-13)27-12-26-17/h2-3,6-7H,4-5,9-12H2,1H3,(H,22,25). The molecule has 0 radical (unpaired) electrons. The van der Waals surface area contributed by atoms with E-state index in [1.165, 1.54) is 11.8 Å². The molecule has 0 fully saturated rings. The number of aromatic nitrogens is 1. The number of amides is 1. The molecule has 2 aliphatic heterocycles. The largest absolute Gasteiger partial charge is 0.454 e. The van der Waals surface area contributed by atoms with E-state index >= 15 is 0 Å². The van der Waals surface area contributed by atoms with Gasteiger partial charge in [0.2, 0.25) is 12.7 Å². The minimum absolute atomic E-state index is 0.106. The number of likely N-dealkylation sites (N-methyl/N-ethyl adjacent to an activating group) is 1. The number of nitriles is 1. The lowest BCUT2D eigenvalue weighted by Crippen LogP contribution is -2.27. The van der Waals surface area contributed by atoms with E-state index in [9.17, 15) is 10.1 Å². The first-order valence-electron chi connectivity index (χ1n) is 9.02. The van der Waals surface area contributed by atoms with Crippen LogP contribution in [0.15, 0.2) is 29.3 Å². The Morgan fingerprint density at radius 1 is 1.36 bits per heavy atom. The zero-order valence-electron chi connectivity index (χ0n) is 15.5. The van der Waals surface area contributed by atoms with E-state index < -0.39 is 0 Å². The SMILES string of the molecule is CN1CCc2nc(SCC(=O)NCc3ccc4c(c3)OCO4)c(C#N)cc2C1. The molecule has 28 heavy (non-hydrogen) atoms. The Morgan fingerprint density at radius 2 is 2.21 bits per heavy atom. The molecule has 0 unspecified atom stereocenters. The number of hydrogen-bond donors (Lipinski definition) is 1. The van der Waals surface area contributed by atoms with E-state index in [-0.39, 0.29) is 18.5 Å². The number of hydrogen-bond acceptors (Lipinski definition) is 7. The van der Waals surface area contributed by atoms with Crippen LogP contribution in [-0.2, 0) is 24.3 Å². The van der Waals surface area contributed by atoms with Crippen LogP contribution in [0.1, 0.15) is 22.4 Å². The van der Waals surface area contributed by atoms with Crippen LogP contribution in [0, 0.1) is 11.3 Å². The summed E-state index contributed by atoms with van der Waals surface area (Å²) in [6.45, 7) is 2.39. The Balaban J connectivity index is 1.35. The number of rotatable bonds is 5. The summed E-state index contributed by atoms with van der Waals surface area (Å²) >= 11 is 1.30.